The predicted molar refractivity (Wildman–Crippen MR) is 81.1 cm³/mol. The minimum atomic E-state index is 0.174. The van der Waals surface area contributed by atoms with Gasteiger partial charge in [-0.3, -0.25) is 11.3 Å². The van der Waals surface area contributed by atoms with Crippen molar-refractivity contribution in [2.45, 2.75) is 37.6 Å². The minimum Gasteiger partial charge on any atom is -0.271 e. The molecule has 0 radical (unpaired) electrons. The maximum absolute atomic E-state index is 5.90. The number of hydrogen-bond acceptors (Lipinski definition) is 3. The molecule has 2 nitrogen and oxygen atoms in total. The zero-order chi connectivity index (χ0) is 13.3. The number of aryl methyl sites for hydroxylation is 1. The summed E-state index contributed by atoms with van der Waals surface area (Å²) in [5.41, 5.74) is 4.67. The Morgan fingerprint density at radius 2 is 1.89 bits per heavy atom. The molecule has 3 rings (SSSR count). The molecule has 1 aromatic heterocycles. The molecular weight excluding hydrogens is 252 g/mol. The van der Waals surface area contributed by atoms with Gasteiger partial charge >= 0.3 is 0 Å². The minimum absolute atomic E-state index is 0.174. The van der Waals surface area contributed by atoms with Crippen molar-refractivity contribution in [2.24, 2.45) is 5.84 Å². The van der Waals surface area contributed by atoms with E-state index in [0.29, 0.717) is 0 Å². The van der Waals surface area contributed by atoms with Crippen LogP contribution in [0.1, 0.15) is 40.6 Å². The molecule has 3 heteroatoms. The molecule has 1 fully saturated rings. The van der Waals surface area contributed by atoms with Crippen molar-refractivity contribution in [3.63, 3.8) is 0 Å². The fraction of sp³-hybridized carbons (Fsp3) is 0.375. The summed E-state index contributed by atoms with van der Waals surface area (Å²) in [5.74, 6) is 5.90. The molecule has 1 aromatic carbocycles. The summed E-state index contributed by atoms with van der Waals surface area (Å²) >= 11 is 1.85. The molecule has 100 valence electrons. The molecule has 0 spiro atoms. The number of rotatable bonds is 4. The summed E-state index contributed by atoms with van der Waals surface area (Å²) in [6.45, 7) is 2.15. The second-order valence-corrected chi connectivity index (χ2v) is 6.74. The van der Waals surface area contributed by atoms with Crippen LogP contribution < -0.4 is 11.3 Å². The first kappa shape index (κ1) is 12.9. The normalized spacial score (nSPS) is 18.8. The smallest absolute Gasteiger partial charge is 0.0649 e. The Morgan fingerprint density at radius 1 is 1.16 bits per heavy atom. The number of hydrazine groups is 1. The Morgan fingerprint density at radius 3 is 2.37 bits per heavy atom. The first-order chi connectivity index (χ1) is 9.26. The third-order valence-electron chi connectivity index (χ3n) is 4.36. The Hall–Kier alpha value is -1.16. The summed E-state index contributed by atoms with van der Waals surface area (Å²) in [7, 11) is 0. The van der Waals surface area contributed by atoms with E-state index in [9.17, 15) is 0 Å². The highest BCUT2D eigenvalue weighted by Crippen LogP contribution is 2.52. The number of thiophene rings is 1. The SMILES string of the molecule is Cc1ccc(C(NN)C2(c3ccccc3)CCC2)s1. The third kappa shape index (κ3) is 2.12. The van der Waals surface area contributed by atoms with Gasteiger partial charge in [-0.1, -0.05) is 36.8 Å². The molecule has 0 bridgehead atoms. The first-order valence-electron chi connectivity index (χ1n) is 6.84. The van der Waals surface area contributed by atoms with Crippen molar-refractivity contribution in [2.75, 3.05) is 0 Å². The van der Waals surface area contributed by atoms with E-state index in [2.05, 4.69) is 54.8 Å². The van der Waals surface area contributed by atoms with Crippen LogP contribution in [-0.4, -0.2) is 0 Å². The van der Waals surface area contributed by atoms with Crippen molar-refractivity contribution in [1.29, 1.82) is 0 Å². The van der Waals surface area contributed by atoms with Gasteiger partial charge in [0.15, 0.2) is 0 Å². The molecule has 1 aliphatic rings. The van der Waals surface area contributed by atoms with Crippen molar-refractivity contribution in [3.8, 4) is 0 Å². The summed E-state index contributed by atoms with van der Waals surface area (Å²) in [6, 6.07) is 15.4. The lowest BCUT2D eigenvalue weighted by Gasteiger charge is -2.47. The molecule has 19 heavy (non-hydrogen) atoms. The number of nitrogens with two attached hydrogens (primary N) is 1. The standard InChI is InChI=1S/C16H20N2S/c1-12-8-9-14(19-12)15(18-17)16(10-5-11-16)13-6-3-2-4-7-13/h2-4,6-9,15,18H,5,10-11,17H2,1H3. The molecular formula is C16H20N2S. The number of hydrogen-bond donors (Lipinski definition) is 2. The second-order valence-electron chi connectivity index (χ2n) is 5.42. The highest BCUT2D eigenvalue weighted by atomic mass is 32.1. The number of nitrogens with one attached hydrogen (secondary N) is 1. The quantitative estimate of drug-likeness (QED) is 0.658. The zero-order valence-corrected chi connectivity index (χ0v) is 12.0. The lowest BCUT2D eigenvalue weighted by molar-refractivity contribution is 0.172. The largest absolute Gasteiger partial charge is 0.271 e. The van der Waals surface area contributed by atoms with E-state index in [0.717, 1.165) is 0 Å². The molecule has 2 aromatic rings. The highest BCUT2D eigenvalue weighted by Gasteiger charge is 2.46. The maximum atomic E-state index is 5.90. The van der Waals surface area contributed by atoms with Gasteiger partial charge in [-0.2, -0.15) is 0 Å². The van der Waals surface area contributed by atoms with E-state index in [4.69, 9.17) is 5.84 Å². The third-order valence-corrected chi connectivity index (χ3v) is 5.42. The summed E-state index contributed by atoms with van der Waals surface area (Å²) in [6.07, 6.45) is 3.71. The van der Waals surface area contributed by atoms with Crippen molar-refractivity contribution in [1.82, 2.24) is 5.43 Å². The van der Waals surface area contributed by atoms with Gasteiger partial charge in [0.1, 0.15) is 0 Å². The lowest BCUT2D eigenvalue weighted by atomic mass is 9.60. The average Bonchev–Trinajstić information content (AvgIpc) is 2.81. The molecule has 0 amide bonds. The fourth-order valence-electron chi connectivity index (χ4n) is 3.19. The van der Waals surface area contributed by atoms with Gasteiger partial charge in [-0.15, -0.1) is 11.3 Å². The Labute approximate surface area is 118 Å². The van der Waals surface area contributed by atoms with E-state index < -0.39 is 0 Å². The van der Waals surface area contributed by atoms with Crippen molar-refractivity contribution < 1.29 is 0 Å². The molecule has 1 atom stereocenters. The number of benzene rings is 1. The van der Waals surface area contributed by atoms with Crippen LogP contribution in [0.25, 0.3) is 0 Å². The van der Waals surface area contributed by atoms with E-state index in [1.165, 1.54) is 34.6 Å². The molecule has 1 aliphatic carbocycles. The van der Waals surface area contributed by atoms with E-state index in [1.807, 2.05) is 11.3 Å². The fourth-order valence-corrected chi connectivity index (χ4v) is 4.25. The topological polar surface area (TPSA) is 38.0 Å². The Balaban J connectivity index is 2.01. The van der Waals surface area contributed by atoms with Crippen molar-refractivity contribution in [3.05, 3.63) is 57.8 Å². The van der Waals surface area contributed by atoms with E-state index >= 15 is 0 Å². The molecule has 1 heterocycles. The first-order valence-corrected chi connectivity index (χ1v) is 7.66. The highest BCUT2D eigenvalue weighted by molar-refractivity contribution is 7.12. The summed E-state index contributed by atoms with van der Waals surface area (Å²) in [4.78, 5) is 2.70. The van der Waals surface area contributed by atoms with Crippen LogP contribution in [0, 0.1) is 6.92 Å². The Bertz CT molecular complexity index is 543. The lowest BCUT2D eigenvalue weighted by Crippen LogP contribution is -2.48. The van der Waals surface area contributed by atoms with Gasteiger partial charge < -0.3 is 0 Å². The molecule has 0 aliphatic heterocycles. The van der Waals surface area contributed by atoms with Crippen LogP contribution in [-0.2, 0) is 5.41 Å². The van der Waals surface area contributed by atoms with Crippen LogP contribution in [0.3, 0.4) is 0 Å². The van der Waals surface area contributed by atoms with Crippen LogP contribution >= 0.6 is 11.3 Å². The summed E-state index contributed by atoms with van der Waals surface area (Å²) in [5, 5.41) is 0. The molecule has 1 saturated carbocycles. The molecule has 1 unspecified atom stereocenters. The van der Waals surface area contributed by atoms with Gasteiger partial charge in [0.25, 0.3) is 0 Å². The average molecular weight is 272 g/mol. The predicted octanol–water partition coefficient (Wildman–Crippen LogP) is 3.68. The maximum Gasteiger partial charge on any atom is 0.0649 e. The van der Waals surface area contributed by atoms with Gasteiger partial charge in [0, 0.05) is 15.2 Å². The van der Waals surface area contributed by atoms with Crippen molar-refractivity contribution >= 4 is 11.3 Å². The van der Waals surface area contributed by atoms with Gasteiger partial charge in [-0.05, 0) is 37.5 Å². The van der Waals surface area contributed by atoms with Crippen LogP contribution in [0.2, 0.25) is 0 Å². The molecule has 3 N–H and O–H groups in total. The van der Waals surface area contributed by atoms with Crippen LogP contribution in [0.4, 0.5) is 0 Å². The van der Waals surface area contributed by atoms with Crippen LogP contribution in [0.15, 0.2) is 42.5 Å². The molecule has 0 saturated heterocycles. The van der Waals surface area contributed by atoms with Gasteiger partial charge in [0.05, 0.1) is 6.04 Å². The monoisotopic (exact) mass is 272 g/mol. The zero-order valence-electron chi connectivity index (χ0n) is 11.2. The summed E-state index contributed by atoms with van der Waals surface area (Å²) < 4.78 is 0. The second kappa shape index (κ2) is 5.08. The van der Waals surface area contributed by atoms with E-state index in [1.54, 1.807) is 0 Å². The Kier molecular flexibility index (Phi) is 3.44. The van der Waals surface area contributed by atoms with Gasteiger partial charge in [0.2, 0.25) is 0 Å². The van der Waals surface area contributed by atoms with Gasteiger partial charge in [-0.25, -0.2) is 0 Å². The van der Waals surface area contributed by atoms with E-state index in [-0.39, 0.29) is 11.5 Å². The van der Waals surface area contributed by atoms with Crippen LogP contribution in [0.5, 0.6) is 0 Å².